The van der Waals surface area contributed by atoms with Gasteiger partial charge in [0.1, 0.15) is 0 Å². The molecule has 1 aromatic heterocycles. The number of esters is 1. The lowest BCUT2D eigenvalue weighted by Crippen LogP contribution is -2.28. The maximum atomic E-state index is 13.3. The molecule has 0 fully saturated rings. The number of hydrogen-bond donors (Lipinski definition) is 1. The normalized spacial score (nSPS) is 13.6. The van der Waals surface area contributed by atoms with Crippen molar-refractivity contribution in [2.24, 2.45) is 0 Å². The summed E-state index contributed by atoms with van der Waals surface area (Å²) in [6.45, 7) is 6.44. The minimum atomic E-state index is -0.430. The minimum Gasteiger partial charge on any atom is -0.462 e. The second-order valence-corrected chi connectivity index (χ2v) is 7.35. The highest BCUT2D eigenvalue weighted by molar-refractivity contribution is 6.18. The van der Waals surface area contributed by atoms with Crippen molar-refractivity contribution in [1.82, 2.24) is 9.88 Å². The van der Waals surface area contributed by atoms with Crippen molar-refractivity contribution in [3.8, 4) is 0 Å². The Morgan fingerprint density at radius 3 is 2.72 bits per heavy atom. The first-order valence-electron chi connectivity index (χ1n) is 9.86. The molecule has 0 atom stereocenters. The number of aromatic nitrogens is 1. The summed E-state index contributed by atoms with van der Waals surface area (Å²) in [5.41, 5.74) is 5.73. The number of carbonyl (C=O) groups is 2. The van der Waals surface area contributed by atoms with Gasteiger partial charge in [-0.15, -0.1) is 0 Å². The minimum absolute atomic E-state index is 0.109. The molecule has 0 unspecified atom stereocenters. The van der Waals surface area contributed by atoms with Gasteiger partial charge in [0.15, 0.2) is 0 Å². The Morgan fingerprint density at radius 1 is 1.14 bits per heavy atom. The molecule has 2 heterocycles. The average molecular weight is 388 g/mol. The van der Waals surface area contributed by atoms with Crippen LogP contribution in [0.1, 0.15) is 39.7 Å². The Labute approximate surface area is 170 Å². The molecule has 3 aromatic rings. The van der Waals surface area contributed by atoms with Gasteiger partial charge in [0.05, 0.1) is 17.9 Å². The van der Waals surface area contributed by atoms with Crippen molar-refractivity contribution in [3.05, 3.63) is 76.6 Å². The number of aromatic amines is 1. The molecule has 0 bridgehead atoms. The Kier molecular flexibility index (Phi) is 4.97. The first kappa shape index (κ1) is 19.0. The van der Waals surface area contributed by atoms with Gasteiger partial charge in [-0.05, 0) is 50.5 Å². The summed E-state index contributed by atoms with van der Waals surface area (Å²) >= 11 is 0. The first-order chi connectivity index (χ1) is 14.0. The molecule has 1 aliphatic heterocycles. The molecule has 0 spiro atoms. The Balaban J connectivity index is 1.81. The standard InChI is InChI=1S/C24H24N2O3/c1-4-29-24(28)20-14-26(23(27)19-13-15(2)9-10-16(19)3)12-11-18-17-7-5-6-8-21(17)25-22(18)20/h5-10,13-14,25H,4,11-12H2,1-3H3. The lowest BCUT2D eigenvalue weighted by atomic mass is 10.0. The van der Waals surface area contributed by atoms with Gasteiger partial charge in [-0.2, -0.15) is 0 Å². The van der Waals surface area contributed by atoms with E-state index in [0.717, 1.165) is 33.3 Å². The average Bonchev–Trinajstić information content (AvgIpc) is 2.97. The first-order valence-corrected chi connectivity index (χ1v) is 9.86. The smallest absolute Gasteiger partial charge is 0.341 e. The van der Waals surface area contributed by atoms with E-state index in [-0.39, 0.29) is 12.5 Å². The van der Waals surface area contributed by atoms with Crippen molar-refractivity contribution in [1.29, 1.82) is 0 Å². The van der Waals surface area contributed by atoms with E-state index in [2.05, 4.69) is 4.98 Å². The molecule has 4 rings (SSSR count). The number of amides is 1. The van der Waals surface area contributed by atoms with E-state index >= 15 is 0 Å². The van der Waals surface area contributed by atoms with Crippen molar-refractivity contribution >= 4 is 28.4 Å². The SMILES string of the molecule is CCOC(=O)C1=CN(C(=O)c2cc(C)ccc2C)CCc2c1[nH]c1ccccc21. The number of rotatable bonds is 3. The fourth-order valence-electron chi connectivity index (χ4n) is 3.85. The van der Waals surface area contributed by atoms with E-state index in [1.54, 1.807) is 18.0 Å². The molecule has 0 saturated carbocycles. The predicted molar refractivity (Wildman–Crippen MR) is 114 cm³/mol. The molecule has 1 aliphatic rings. The fourth-order valence-corrected chi connectivity index (χ4v) is 3.85. The van der Waals surface area contributed by atoms with Crippen LogP contribution >= 0.6 is 0 Å². The molecule has 0 aliphatic carbocycles. The second-order valence-electron chi connectivity index (χ2n) is 7.35. The number of carbonyl (C=O) groups excluding carboxylic acids is 2. The van der Waals surface area contributed by atoms with Crippen LogP contribution in [-0.2, 0) is 16.0 Å². The number of fused-ring (bicyclic) bond motifs is 3. The Hall–Kier alpha value is -3.34. The Morgan fingerprint density at radius 2 is 1.93 bits per heavy atom. The van der Waals surface area contributed by atoms with Gasteiger partial charge < -0.3 is 14.6 Å². The van der Waals surface area contributed by atoms with E-state index in [1.807, 2.05) is 56.3 Å². The lowest BCUT2D eigenvalue weighted by molar-refractivity contribution is -0.136. The lowest BCUT2D eigenvalue weighted by Gasteiger charge is -2.19. The summed E-state index contributed by atoms with van der Waals surface area (Å²) in [5.74, 6) is -0.538. The molecule has 2 aromatic carbocycles. The van der Waals surface area contributed by atoms with Crippen LogP contribution in [0.5, 0.6) is 0 Å². The molecule has 1 amide bonds. The van der Waals surface area contributed by atoms with Crippen LogP contribution in [0, 0.1) is 13.8 Å². The topological polar surface area (TPSA) is 62.4 Å². The van der Waals surface area contributed by atoms with E-state index in [9.17, 15) is 9.59 Å². The summed E-state index contributed by atoms with van der Waals surface area (Å²) in [5, 5.41) is 1.07. The van der Waals surface area contributed by atoms with Gasteiger partial charge in [-0.25, -0.2) is 4.79 Å². The summed E-state index contributed by atoms with van der Waals surface area (Å²) in [7, 11) is 0. The van der Waals surface area contributed by atoms with Crippen molar-refractivity contribution in [2.75, 3.05) is 13.2 Å². The number of ether oxygens (including phenoxy) is 1. The molecule has 0 radical (unpaired) electrons. The van der Waals surface area contributed by atoms with Crippen LogP contribution in [0.2, 0.25) is 0 Å². The zero-order valence-electron chi connectivity index (χ0n) is 16.9. The maximum Gasteiger partial charge on any atom is 0.341 e. The molecule has 0 saturated heterocycles. The van der Waals surface area contributed by atoms with Crippen LogP contribution in [0.25, 0.3) is 16.5 Å². The van der Waals surface area contributed by atoms with Crippen LogP contribution in [0.15, 0.2) is 48.7 Å². The molecular weight excluding hydrogens is 364 g/mol. The fraction of sp³-hybridized carbons (Fsp3) is 0.250. The molecule has 5 heteroatoms. The number of para-hydroxylation sites is 1. The van der Waals surface area contributed by atoms with Gasteiger partial charge in [0.2, 0.25) is 0 Å². The number of aryl methyl sites for hydroxylation is 2. The third-order valence-corrected chi connectivity index (χ3v) is 5.35. The summed E-state index contributed by atoms with van der Waals surface area (Å²) in [4.78, 5) is 31.1. The van der Waals surface area contributed by atoms with Crippen LogP contribution in [0.4, 0.5) is 0 Å². The highest BCUT2D eigenvalue weighted by Gasteiger charge is 2.28. The maximum absolute atomic E-state index is 13.3. The highest BCUT2D eigenvalue weighted by Crippen LogP contribution is 2.32. The van der Waals surface area contributed by atoms with Crippen molar-refractivity contribution in [3.63, 3.8) is 0 Å². The third-order valence-electron chi connectivity index (χ3n) is 5.35. The van der Waals surface area contributed by atoms with Gasteiger partial charge in [0, 0.05) is 29.2 Å². The zero-order valence-corrected chi connectivity index (χ0v) is 16.9. The van der Waals surface area contributed by atoms with Gasteiger partial charge in [-0.1, -0.05) is 35.9 Å². The predicted octanol–water partition coefficient (Wildman–Crippen LogP) is 4.39. The summed E-state index contributed by atoms with van der Waals surface area (Å²) in [6.07, 6.45) is 2.29. The number of hydrogen-bond acceptors (Lipinski definition) is 3. The van der Waals surface area contributed by atoms with Crippen molar-refractivity contribution in [2.45, 2.75) is 27.2 Å². The van der Waals surface area contributed by atoms with E-state index in [1.165, 1.54) is 0 Å². The quantitative estimate of drug-likeness (QED) is 0.677. The molecular formula is C24H24N2O3. The van der Waals surface area contributed by atoms with Crippen LogP contribution in [-0.4, -0.2) is 34.9 Å². The highest BCUT2D eigenvalue weighted by atomic mass is 16.5. The summed E-state index contributed by atoms with van der Waals surface area (Å²) < 4.78 is 5.30. The zero-order chi connectivity index (χ0) is 20.5. The molecule has 148 valence electrons. The van der Waals surface area contributed by atoms with E-state index < -0.39 is 5.97 Å². The van der Waals surface area contributed by atoms with E-state index in [4.69, 9.17) is 4.74 Å². The second kappa shape index (κ2) is 7.59. The molecule has 1 N–H and O–H groups in total. The third kappa shape index (κ3) is 3.44. The van der Waals surface area contributed by atoms with Crippen LogP contribution < -0.4 is 0 Å². The largest absolute Gasteiger partial charge is 0.462 e. The van der Waals surface area contributed by atoms with E-state index in [0.29, 0.717) is 24.1 Å². The van der Waals surface area contributed by atoms with Gasteiger partial charge >= 0.3 is 5.97 Å². The van der Waals surface area contributed by atoms with Crippen molar-refractivity contribution < 1.29 is 14.3 Å². The number of nitrogens with zero attached hydrogens (tertiary/aromatic N) is 1. The van der Waals surface area contributed by atoms with Crippen LogP contribution in [0.3, 0.4) is 0 Å². The van der Waals surface area contributed by atoms with Gasteiger partial charge in [0.25, 0.3) is 5.91 Å². The number of H-pyrrole nitrogens is 1. The Bertz CT molecular complexity index is 1140. The van der Waals surface area contributed by atoms with Gasteiger partial charge in [-0.3, -0.25) is 4.79 Å². The molecule has 5 nitrogen and oxygen atoms in total. The number of nitrogens with one attached hydrogen (secondary N) is 1. The molecule has 29 heavy (non-hydrogen) atoms. The number of benzene rings is 2. The monoisotopic (exact) mass is 388 g/mol. The summed E-state index contributed by atoms with van der Waals surface area (Å²) in [6, 6.07) is 13.8.